The first kappa shape index (κ1) is 22.5. The van der Waals surface area contributed by atoms with E-state index >= 15 is 0 Å². The maximum atomic E-state index is 2.19. The van der Waals surface area contributed by atoms with E-state index in [1.54, 1.807) is 0 Å². The van der Waals surface area contributed by atoms with Crippen LogP contribution in [0.2, 0.25) is 13.3 Å². The van der Waals surface area contributed by atoms with E-state index in [1.165, 1.54) is 0 Å². The molecule has 0 aliphatic carbocycles. The Morgan fingerprint density at radius 1 is 0.571 bits per heavy atom. The summed E-state index contributed by atoms with van der Waals surface area (Å²) in [6, 6.07) is 0. The van der Waals surface area contributed by atoms with Crippen molar-refractivity contribution in [2.45, 2.75) is 13.3 Å². The van der Waals surface area contributed by atoms with Crippen LogP contribution in [-0.2, 0) is 91.9 Å². The molecule has 0 unspecified atom stereocenters. The summed E-state index contributed by atoms with van der Waals surface area (Å²) in [5, 5.41) is 0. The summed E-state index contributed by atoms with van der Waals surface area (Å²) in [6.07, 6.45) is 0. The van der Waals surface area contributed by atoms with E-state index in [1.807, 2.05) is 0 Å². The van der Waals surface area contributed by atoms with E-state index in [4.69, 9.17) is 0 Å². The predicted octanol–water partition coefficient (Wildman–Crippen LogP) is 0.938. The molecule has 7 heavy (non-hydrogen) atoms. The zero-order valence-corrected chi connectivity index (χ0v) is 23.3. The van der Waals surface area contributed by atoms with Crippen LogP contribution in [0.4, 0.5) is 0 Å². The zero-order valence-electron chi connectivity index (χ0n) is 5.70. The standard InChI is InChI=1S/3CH3.3Hg.H2S/h3*1H3;;;;1H2/p+1. The fourth-order valence-electron chi connectivity index (χ4n) is 0. The third-order valence-corrected chi connectivity index (χ3v) is 0. The summed E-state index contributed by atoms with van der Waals surface area (Å²) in [6.45, 7) is 0. The van der Waals surface area contributed by atoms with E-state index in [0.717, 1.165) is 78.4 Å². The molecule has 0 nitrogen and oxygen atoms in total. The Hall–Kier alpha value is 3.16. The van der Waals surface area contributed by atoms with Crippen LogP contribution in [0.5, 0.6) is 0 Å². The molecule has 0 aromatic heterocycles. The van der Waals surface area contributed by atoms with Gasteiger partial charge in [0.2, 0.25) is 0 Å². The first-order chi connectivity index (χ1) is 3.00. The van der Waals surface area contributed by atoms with Crippen LogP contribution < -0.4 is 0 Å². The molecule has 0 fully saturated rings. The quantitative estimate of drug-likeness (QED) is 0.264. The van der Waals surface area contributed by atoms with Crippen molar-refractivity contribution in [3.63, 3.8) is 0 Å². The molecule has 0 aliphatic heterocycles. The molecular formula is C3H12Hg3S+. The second kappa shape index (κ2) is 61.2. The molecule has 0 bridgehead atoms. The SMILES string of the molecule is [CH3][Hg].[CH3][Hg].[CH3][Hg].[SH3+]. The smallest absolute Gasteiger partial charge is 0.0576 e. The van der Waals surface area contributed by atoms with Crippen LogP contribution in [0, 0.1) is 0 Å². The van der Waals surface area contributed by atoms with E-state index in [0.29, 0.717) is 0 Å². The minimum Gasteiger partial charge on any atom is -0.0576 e. The maximum Gasteiger partial charge on any atom is -0.0576 e. The molecule has 0 aromatic carbocycles. The van der Waals surface area contributed by atoms with Crippen molar-refractivity contribution in [3.8, 4) is 0 Å². The van der Waals surface area contributed by atoms with Gasteiger partial charge in [-0.3, -0.25) is 0 Å². The van der Waals surface area contributed by atoms with Gasteiger partial charge in [0.15, 0.2) is 0 Å². The Balaban J connectivity index is -0.00000000900. The molecule has 0 aliphatic rings. The second-order valence-electron chi connectivity index (χ2n) is 0. The van der Waals surface area contributed by atoms with Crippen molar-refractivity contribution in [1.82, 2.24) is 0 Å². The van der Waals surface area contributed by atoms with Crippen molar-refractivity contribution in [3.05, 3.63) is 0 Å². The van der Waals surface area contributed by atoms with Gasteiger partial charge in [-0.05, 0) is 0 Å². The van der Waals surface area contributed by atoms with Gasteiger partial charge in [0.1, 0.15) is 0 Å². The summed E-state index contributed by atoms with van der Waals surface area (Å²) in [5.74, 6) is 0. The zero-order chi connectivity index (χ0) is 6.00. The van der Waals surface area contributed by atoms with Crippen LogP contribution in [0.15, 0.2) is 0 Å². The minimum absolute atomic E-state index is 0. The van der Waals surface area contributed by atoms with Gasteiger partial charge in [-0.15, -0.1) is 0 Å². The van der Waals surface area contributed by atoms with Crippen molar-refractivity contribution in [2.75, 3.05) is 0 Å². The Morgan fingerprint density at radius 2 is 0.571 bits per heavy atom. The average Bonchev–Trinajstić information content (AvgIpc) is 1.81. The van der Waals surface area contributed by atoms with Crippen LogP contribution in [-0.4, -0.2) is 0 Å². The molecule has 0 heterocycles. The molecule has 4 heteroatoms. The van der Waals surface area contributed by atoms with Gasteiger partial charge >= 0.3 is 91.7 Å². The largest absolute Gasteiger partial charge is 0.0576 e. The molecule has 0 atom stereocenters. The van der Waals surface area contributed by atoms with E-state index < -0.39 is 0 Å². The fraction of sp³-hybridized carbons (Fsp3) is 1.00. The summed E-state index contributed by atoms with van der Waals surface area (Å²) >= 11 is 3.08. The number of hydrogen-bond acceptors (Lipinski definition) is 0. The van der Waals surface area contributed by atoms with Crippen LogP contribution in [0.1, 0.15) is 0 Å². The fourth-order valence-corrected chi connectivity index (χ4v) is 0. The molecule has 0 saturated carbocycles. The van der Waals surface area contributed by atoms with Crippen molar-refractivity contribution in [2.24, 2.45) is 0 Å². The van der Waals surface area contributed by atoms with Crippen molar-refractivity contribution in [1.29, 1.82) is 0 Å². The first-order valence-electron chi connectivity index (χ1n) is 2.12. The third-order valence-electron chi connectivity index (χ3n) is 0. The van der Waals surface area contributed by atoms with E-state index in [2.05, 4.69) is 13.3 Å². The Kier molecular flexibility index (Phi) is 196. The summed E-state index contributed by atoms with van der Waals surface area (Å²) < 4.78 is 6.58. The van der Waals surface area contributed by atoms with Crippen LogP contribution in [0.3, 0.4) is 0 Å². The summed E-state index contributed by atoms with van der Waals surface area (Å²) in [7, 11) is 0. The monoisotopic (exact) mass is 686 g/mol. The molecular weight excluding hydrogens is 670 g/mol. The molecule has 0 amide bonds. The molecule has 0 spiro atoms. The van der Waals surface area contributed by atoms with Gasteiger partial charge in [0, 0.05) is 0 Å². The minimum atomic E-state index is 0. The van der Waals surface area contributed by atoms with Crippen molar-refractivity contribution >= 4 is 13.5 Å². The Bertz CT molecular complexity index is 10.1. The van der Waals surface area contributed by atoms with Gasteiger partial charge in [0.05, 0.1) is 0 Å². The second-order valence-corrected chi connectivity index (χ2v) is 0. The predicted molar refractivity (Wildman–Crippen MR) is 29.1 cm³/mol. The van der Waals surface area contributed by atoms with Crippen LogP contribution >= 0.6 is 0 Å². The van der Waals surface area contributed by atoms with Gasteiger partial charge in [-0.25, -0.2) is 0 Å². The molecule has 0 radical (unpaired) electrons. The van der Waals surface area contributed by atoms with E-state index in [-0.39, 0.29) is 13.5 Å². The van der Waals surface area contributed by atoms with Crippen LogP contribution in [0.25, 0.3) is 0 Å². The van der Waals surface area contributed by atoms with Gasteiger partial charge in [-0.2, -0.15) is 0 Å². The topological polar surface area (TPSA) is 0 Å². The third kappa shape index (κ3) is 47.1. The van der Waals surface area contributed by atoms with Crippen molar-refractivity contribution < 1.29 is 78.4 Å². The normalized spacial score (nSPS) is 3.00. The van der Waals surface area contributed by atoms with Gasteiger partial charge in [0.25, 0.3) is 0 Å². The molecule has 35 valence electrons. The number of hydrogen-bond donors (Lipinski definition) is 0. The summed E-state index contributed by atoms with van der Waals surface area (Å²) in [5.41, 5.74) is 0. The molecule has 0 rings (SSSR count). The summed E-state index contributed by atoms with van der Waals surface area (Å²) in [4.78, 5) is 0. The van der Waals surface area contributed by atoms with Gasteiger partial charge in [-0.1, -0.05) is 13.5 Å². The molecule has 0 saturated heterocycles. The average molecular weight is 682 g/mol. The number of rotatable bonds is 0. The van der Waals surface area contributed by atoms with Gasteiger partial charge < -0.3 is 0 Å². The molecule has 0 aromatic rings. The first-order valence-corrected chi connectivity index (χ1v) is 18.6. The Labute approximate surface area is 103 Å². The molecule has 0 N–H and O–H groups in total. The van der Waals surface area contributed by atoms with E-state index in [9.17, 15) is 0 Å². The Morgan fingerprint density at radius 3 is 0.571 bits per heavy atom. The maximum absolute atomic E-state index is 2.19.